The quantitative estimate of drug-likeness (QED) is 0.134. The van der Waals surface area contributed by atoms with Crippen LogP contribution < -0.4 is 24.8 Å². The van der Waals surface area contributed by atoms with Crippen LogP contribution >= 0.6 is 0 Å². The van der Waals surface area contributed by atoms with Crippen LogP contribution in [0.15, 0.2) is 133 Å². The van der Waals surface area contributed by atoms with E-state index in [1.54, 1.807) is 44.5 Å². The monoisotopic (exact) mass is 1110 g/mol. The molecule has 0 nitrogen and oxygen atoms in total. The summed E-state index contributed by atoms with van der Waals surface area (Å²) < 4.78 is 3.02. The second kappa shape index (κ2) is 27.6. The summed E-state index contributed by atoms with van der Waals surface area (Å²) in [5, 5.41) is 0. The zero-order chi connectivity index (χ0) is 37.8. The third kappa shape index (κ3) is 16.6. The van der Waals surface area contributed by atoms with Crippen molar-refractivity contribution in [3.05, 3.63) is 189 Å². The Bertz CT molecular complexity index is 1620. The molecule has 6 aromatic carbocycles. The Labute approximate surface area is 381 Å². The Hall–Kier alpha value is -2.10. The number of fused-ring (bicyclic) bond motifs is 4. The van der Waals surface area contributed by atoms with Crippen LogP contribution in [0.2, 0.25) is 0 Å². The molecule has 0 bridgehead atoms. The van der Waals surface area contributed by atoms with Gasteiger partial charge in [0.1, 0.15) is 0 Å². The number of halogens is 2. The first-order valence-electron chi connectivity index (χ1n) is 20.6. The van der Waals surface area contributed by atoms with Crippen LogP contribution in [0, 0.1) is 0 Å². The number of hydrogen-bond acceptors (Lipinski definition) is 0. The first kappa shape index (κ1) is 48.3. The minimum atomic E-state index is 0. The molecule has 10 rings (SSSR count). The van der Waals surface area contributed by atoms with Gasteiger partial charge in [-0.2, -0.15) is 93.0 Å². The summed E-state index contributed by atoms with van der Waals surface area (Å²) in [6.07, 6.45) is 21.8. The van der Waals surface area contributed by atoms with E-state index in [0.717, 1.165) is 0 Å². The van der Waals surface area contributed by atoms with Crippen LogP contribution in [-0.4, -0.2) is 6.51 Å². The molecule has 0 N–H and O–H groups in total. The molecular weight excluding hydrogens is 1050 g/mol. The van der Waals surface area contributed by atoms with Gasteiger partial charge in [-0.1, -0.05) is 103 Å². The smallest absolute Gasteiger partial charge is 0.0512 e. The fourth-order valence-corrected chi connectivity index (χ4v) is 9.03. The Morgan fingerprint density at radius 2 is 0.589 bits per heavy atom. The summed E-state index contributed by atoms with van der Waals surface area (Å²) in [4.78, 5) is 0. The molecule has 0 aromatic heterocycles. The number of aryl methyl sites for hydroxylation is 8. The van der Waals surface area contributed by atoms with Crippen molar-refractivity contribution in [3.8, 4) is 0 Å². The Morgan fingerprint density at radius 3 is 0.786 bits per heavy atom. The van der Waals surface area contributed by atoms with Gasteiger partial charge in [0.25, 0.3) is 0 Å². The molecule has 0 unspecified atom stereocenters. The Kier molecular flexibility index (Phi) is 23.8. The van der Waals surface area contributed by atoms with Gasteiger partial charge in [-0.25, -0.2) is 24.3 Å². The van der Waals surface area contributed by atoms with Crippen molar-refractivity contribution < 1.29 is 72.6 Å². The van der Waals surface area contributed by atoms with Crippen molar-refractivity contribution in [1.82, 2.24) is 0 Å². The zero-order valence-electron chi connectivity index (χ0n) is 33.8. The molecule has 6 aromatic rings. The predicted octanol–water partition coefficient (Wildman–Crippen LogP) is 6.69. The standard InChI is InChI=1S/4C9H11.2C8H8.2ClH.2Hf/c4*1-2-5-9-7-3-6-8(9)4-1;2*1-2-8-6-4-3-5-7-8;;;;/h4*3,6-7H,1-2,4-5H2;2*3-7H,1H3;2*1H;;/q4*-1;;;;;2*+2/p-2. The van der Waals surface area contributed by atoms with E-state index in [0.29, 0.717) is 0 Å². The van der Waals surface area contributed by atoms with Crippen LogP contribution in [-0.2, 0) is 99.2 Å². The van der Waals surface area contributed by atoms with Crippen molar-refractivity contribution in [2.24, 2.45) is 0 Å². The molecule has 0 amide bonds. The summed E-state index contributed by atoms with van der Waals surface area (Å²) >= 11 is 2.35. The van der Waals surface area contributed by atoms with E-state index >= 15 is 0 Å². The van der Waals surface area contributed by atoms with Gasteiger partial charge in [-0.3, -0.25) is 0 Å². The average molecular weight is 1110 g/mol. The second-order valence-corrected chi connectivity index (χ2v) is 20.5. The van der Waals surface area contributed by atoms with E-state index in [2.05, 4.69) is 135 Å². The number of hydrogen-bond donors (Lipinski definition) is 0. The van der Waals surface area contributed by atoms with Crippen LogP contribution in [0.5, 0.6) is 0 Å². The summed E-state index contributed by atoms with van der Waals surface area (Å²) in [6, 6.07) is 47.8. The van der Waals surface area contributed by atoms with Crippen molar-refractivity contribution >= 4 is 6.51 Å². The summed E-state index contributed by atoms with van der Waals surface area (Å²) in [7, 11) is 0. The van der Waals surface area contributed by atoms with Crippen LogP contribution in [0.3, 0.4) is 0 Å². The maximum Gasteiger partial charge on any atom is -0.0512 e. The van der Waals surface area contributed by atoms with E-state index in [1.807, 2.05) is 12.1 Å². The molecule has 292 valence electrons. The van der Waals surface area contributed by atoms with Gasteiger partial charge >= 0.3 is 140 Å². The molecule has 0 heterocycles. The maximum atomic E-state index is 2.26. The summed E-state index contributed by atoms with van der Waals surface area (Å²) in [5.74, 6) is 0. The van der Waals surface area contributed by atoms with Crippen LogP contribution in [0.4, 0.5) is 0 Å². The topological polar surface area (TPSA) is 0 Å². The van der Waals surface area contributed by atoms with Gasteiger partial charge in [0.2, 0.25) is 0 Å². The molecule has 0 saturated heterocycles. The van der Waals surface area contributed by atoms with Gasteiger partial charge in [-0.15, -0.1) is 0 Å². The first-order chi connectivity index (χ1) is 26.5. The van der Waals surface area contributed by atoms with E-state index in [4.69, 9.17) is 0 Å². The Balaban J connectivity index is 0.000000179. The molecule has 4 aliphatic rings. The fraction of sp³-hybridized carbons (Fsp3) is 0.346. The van der Waals surface area contributed by atoms with E-state index in [9.17, 15) is 0 Å². The molecule has 0 spiro atoms. The predicted molar refractivity (Wildman–Crippen MR) is 227 cm³/mol. The third-order valence-corrected chi connectivity index (χ3v) is 13.1. The first-order valence-corrected chi connectivity index (χ1v) is 24.2. The van der Waals surface area contributed by atoms with Crippen LogP contribution in [0.25, 0.3) is 0 Å². The minimum absolute atomic E-state index is 0. The number of rotatable bonds is 2. The summed E-state index contributed by atoms with van der Waals surface area (Å²) in [6.45, 7) is 4.36. The van der Waals surface area contributed by atoms with E-state index in [1.165, 1.54) is 168 Å². The van der Waals surface area contributed by atoms with Gasteiger partial charge in [0.15, 0.2) is 0 Å². The molecule has 0 saturated carbocycles. The summed E-state index contributed by atoms with van der Waals surface area (Å²) in [5.41, 5.74) is 15.6. The largest absolute Gasteiger partial charge is 1.00 e. The third-order valence-electron chi connectivity index (χ3n) is 11.0. The van der Waals surface area contributed by atoms with E-state index in [-0.39, 0.29) is 24.8 Å². The molecular formula is C52H60Cl2Hf2-2. The molecule has 4 heteroatoms. The van der Waals surface area contributed by atoms with Gasteiger partial charge < -0.3 is 24.8 Å². The molecule has 4 aliphatic carbocycles. The molecule has 0 fully saturated rings. The molecule has 56 heavy (non-hydrogen) atoms. The average Bonchev–Trinajstić information content (AvgIpc) is 4.07. The number of benzene rings is 2. The van der Waals surface area contributed by atoms with Gasteiger partial charge in [0, 0.05) is 0 Å². The van der Waals surface area contributed by atoms with E-state index < -0.39 is 0 Å². The van der Waals surface area contributed by atoms with Gasteiger partial charge in [-0.05, 0) is 0 Å². The van der Waals surface area contributed by atoms with Crippen molar-refractivity contribution in [3.63, 3.8) is 0 Å². The zero-order valence-corrected chi connectivity index (χ0v) is 42.5. The SMILES string of the molecule is C[C](=[Hf+2])c1ccccc1.C[C](=[Hf+2])c1ccccc1.[Cl-].[Cl-].c1cc2c([cH-]1)CCCC2.c1cc2c([cH-]1)CCCC2.c1cc2c([cH-]1)CCCC2.c1cc2c([cH-]1)CCCC2. The fourth-order valence-electron chi connectivity index (χ4n) is 7.83. The normalized spacial score (nSPS) is 14.1. The molecule has 0 aliphatic heterocycles. The second-order valence-electron chi connectivity index (χ2n) is 15.1. The Morgan fingerprint density at radius 1 is 0.357 bits per heavy atom. The minimum Gasteiger partial charge on any atom is -1.00 e. The van der Waals surface area contributed by atoms with Crippen molar-refractivity contribution in [2.45, 2.75) is 117 Å². The molecule has 0 radical (unpaired) electrons. The van der Waals surface area contributed by atoms with Gasteiger partial charge in [0.05, 0.1) is 0 Å². The van der Waals surface area contributed by atoms with Crippen molar-refractivity contribution in [2.75, 3.05) is 0 Å². The van der Waals surface area contributed by atoms with Crippen molar-refractivity contribution in [1.29, 1.82) is 0 Å². The molecule has 0 atom stereocenters. The van der Waals surface area contributed by atoms with Crippen LogP contribution in [0.1, 0.15) is 121 Å². The maximum absolute atomic E-state index is 2.26.